The first-order valence-corrected chi connectivity index (χ1v) is 9.99. The third-order valence-corrected chi connectivity index (χ3v) is 5.31. The molecule has 7 nitrogen and oxygen atoms in total. The fourth-order valence-corrected chi connectivity index (χ4v) is 3.88. The lowest BCUT2D eigenvalue weighted by Crippen LogP contribution is -2.10. The lowest BCUT2D eigenvalue weighted by atomic mass is 10.0. The summed E-state index contributed by atoms with van der Waals surface area (Å²) in [5.74, 6) is 0.308. The predicted molar refractivity (Wildman–Crippen MR) is 122 cm³/mol. The van der Waals surface area contributed by atoms with Gasteiger partial charge in [0.25, 0.3) is 5.56 Å². The molecule has 0 radical (unpaired) electrons. The smallest absolute Gasteiger partial charge is 0.259 e. The van der Waals surface area contributed by atoms with Gasteiger partial charge in [-0.2, -0.15) is 0 Å². The second-order valence-electron chi connectivity index (χ2n) is 7.16. The van der Waals surface area contributed by atoms with Crippen molar-refractivity contribution in [2.75, 3.05) is 7.04 Å². The van der Waals surface area contributed by atoms with Gasteiger partial charge in [0.05, 0.1) is 33.4 Å². The van der Waals surface area contributed by atoms with Crippen molar-refractivity contribution in [1.29, 1.82) is 0 Å². The van der Waals surface area contributed by atoms with Crippen LogP contribution in [0.4, 0.5) is 4.39 Å². The molecule has 1 aromatic carbocycles. The molecular formula is C23H17ClFN5O2. The molecule has 4 heterocycles. The number of fused-ring (bicyclic) bond motifs is 2. The molecule has 0 saturated heterocycles. The molecule has 1 atom stereocenters. The van der Waals surface area contributed by atoms with E-state index in [0.717, 1.165) is 0 Å². The van der Waals surface area contributed by atoms with Gasteiger partial charge in [0.1, 0.15) is 34.1 Å². The number of hydrogen-bond acceptors (Lipinski definition) is 5. The number of halogens is 2. The van der Waals surface area contributed by atoms with Gasteiger partial charge in [-0.1, -0.05) is 23.7 Å². The Morgan fingerprint density at radius 3 is 2.78 bits per heavy atom. The van der Waals surface area contributed by atoms with Crippen LogP contribution in [-0.2, 0) is 0 Å². The van der Waals surface area contributed by atoms with Crippen LogP contribution in [-0.4, -0.2) is 32.0 Å². The maximum absolute atomic E-state index is 14.1. The van der Waals surface area contributed by atoms with Crippen LogP contribution in [0.15, 0.2) is 53.5 Å². The molecule has 0 spiro atoms. The number of imidazole rings is 1. The second kappa shape index (κ2) is 7.72. The molecule has 5 aromatic rings. The van der Waals surface area contributed by atoms with E-state index < -0.39 is 18.8 Å². The van der Waals surface area contributed by atoms with Crippen LogP contribution in [0.2, 0.25) is 5.15 Å². The molecule has 0 fully saturated rings. The molecule has 4 aromatic heterocycles. The fourth-order valence-electron chi connectivity index (χ4n) is 3.68. The maximum Gasteiger partial charge on any atom is 0.259 e. The Labute approximate surface area is 190 Å². The van der Waals surface area contributed by atoms with Crippen LogP contribution in [0.5, 0.6) is 5.75 Å². The van der Waals surface area contributed by atoms with Crippen molar-refractivity contribution in [3.63, 3.8) is 0 Å². The molecule has 2 N–H and O–H groups in total. The average Bonchev–Trinajstić information content (AvgIpc) is 3.20. The van der Waals surface area contributed by atoms with Crippen molar-refractivity contribution >= 4 is 33.5 Å². The van der Waals surface area contributed by atoms with Gasteiger partial charge < -0.3 is 14.7 Å². The SMILES string of the molecule is [2H]C([2H])([2H])Oc1ccccc1-c1nccc2[nH]c(=O)c(-c3nc4c(C(C)F)nc(Cl)cc4[nH]3)cc12. The van der Waals surface area contributed by atoms with Crippen LogP contribution in [0.1, 0.15) is 22.9 Å². The fraction of sp³-hybridized carbons (Fsp3) is 0.130. The zero-order valence-electron chi connectivity index (χ0n) is 19.6. The van der Waals surface area contributed by atoms with Crippen molar-refractivity contribution in [3.8, 4) is 28.4 Å². The lowest BCUT2D eigenvalue weighted by Gasteiger charge is -2.10. The number of benzene rings is 1. The van der Waals surface area contributed by atoms with Crippen LogP contribution < -0.4 is 10.3 Å². The number of nitrogens with one attached hydrogen (secondary N) is 2. The summed E-state index contributed by atoms with van der Waals surface area (Å²) < 4.78 is 41.7. The molecule has 0 saturated carbocycles. The highest BCUT2D eigenvalue weighted by atomic mass is 35.5. The topological polar surface area (TPSA) is 96.6 Å². The minimum Gasteiger partial charge on any atom is -0.496 e. The Bertz CT molecular complexity index is 1650. The monoisotopic (exact) mass is 452 g/mol. The number of pyridine rings is 3. The van der Waals surface area contributed by atoms with Gasteiger partial charge >= 0.3 is 0 Å². The quantitative estimate of drug-likeness (QED) is 0.364. The standard InChI is InChI=1S/C23H17ClFN5O2/c1-11(25)19-21-16(10-18(24)29-19)27-22(30-21)14-9-13-15(28-23(14)31)7-8-26-20(13)12-5-3-4-6-17(12)32-2/h3-11H,1-2H3,(H,27,30)(H,28,31)/i2D3. The van der Waals surface area contributed by atoms with Crippen LogP contribution in [0.3, 0.4) is 0 Å². The summed E-state index contributed by atoms with van der Waals surface area (Å²) in [4.78, 5) is 31.6. The predicted octanol–water partition coefficient (Wildman–Crippen LogP) is 5.22. The Kier molecular flexibility index (Phi) is 4.07. The number of hydrogen-bond donors (Lipinski definition) is 2. The highest BCUT2D eigenvalue weighted by Gasteiger charge is 2.19. The average molecular weight is 453 g/mol. The second-order valence-corrected chi connectivity index (χ2v) is 7.55. The van der Waals surface area contributed by atoms with E-state index in [0.29, 0.717) is 27.7 Å². The van der Waals surface area contributed by atoms with Gasteiger partial charge in [0, 0.05) is 23.2 Å². The summed E-state index contributed by atoms with van der Waals surface area (Å²) in [6, 6.07) is 11.3. The van der Waals surface area contributed by atoms with Gasteiger partial charge in [-0.15, -0.1) is 0 Å². The number of rotatable bonds is 4. The summed E-state index contributed by atoms with van der Waals surface area (Å²) in [6.45, 7) is 1.33. The summed E-state index contributed by atoms with van der Waals surface area (Å²) in [6.07, 6.45) is 0.0798. The minimum absolute atomic E-state index is 0.0605. The third kappa shape index (κ3) is 3.29. The van der Waals surface area contributed by atoms with Gasteiger partial charge in [-0.25, -0.2) is 14.4 Å². The number of methoxy groups -OCH3 is 1. The highest BCUT2D eigenvalue weighted by Crippen LogP contribution is 2.34. The van der Waals surface area contributed by atoms with Crippen LogP contribution >= 0.6 is 11.6 Å². The van der Waals surface area contributed by atoms with Gasteiger partial charge in [0.15, 0.2) is 0 Å². The maximum atomic E-state index is 14.1. The first-order valence-electron chi connectivity index (χ1n) is 11.1. The summed E-state index contributed by atoms with van der Waals surface area (Å²) >= 11 is 6.03. The number of aromatic amines is 2. The van der Waals surface area contributed by atoms with E-state index in [2.05, 4.69) is 24.9 Å². The van der Waals surface area contributed by atoms with E-state index in [-0.39, 0.29) is 33.5 Å². The summed E-state index contributed by atoms with van der Waals surface area (Å²) in [5, 5.41) is 0.622. The molecule has 5 rings (SSSR count). The normalized spacial score (nSPS) is 14.2. The molecular weight excluding hydrogens is 433 g/mol. The van der Waals surface area contributed by atoms with E-state index >= 15 is 0 Å². The van der Waals surface area contributed by atoms with Gasteiger partial charge in [-0.05, 0) is 31.2 Å². The van der Waals surface area contributed by atoms with Crippen molar-refractivity contribution in [1.82, 2.24) is 24.9 Å². The molecule has 0 aliphatic rings. The molecule has 32 heavy (non-hydrogen) atoms. The third-order valence-electron chi connectivity index (χ3n) is 5.12. The number of aromatic nitrogens is 5. The van der Waals surface area contributed by atoms with Crippen molar-refractivity contribution in [3.05, 3.63) is 69.9 Å². The van der Waals surface area contributed by atoms with Crippen LogP contribution in [0, 0.1) is 0 Å². The van der Waals surface area contributed by atoms with E-state index in [1.165, 1.54) is 25.3 Å². The molecule has 0 bridgehead atoms. The summed E-state index contributed by atoms with van der Waals surface area (Å²) in [5.41, 5.74) is 1.81. The molecule has 0 aliphatic heterocycles. The van der Waals surface area contributed by atoms with E-state index in [9.17, 15) is 9.18 Å². The first-order chi connectivity index (χ1) is 16.6. The first kappa shape index (κ1) is 16.9. The zero-order chi connectivity index (χ0) is 24.9. The Morgan fingerprint density at radius 1 is 1.12 bits per heavy atom. The largest absolute Gasteiger partial charge is 0.496 e. The van der Waals surface area contributed by atoms with Crippen molar-refractivity contribution in [2.45, 2.75) is 13.1 Å². The number of nitrogens with zero attached hydrogens (tertiary/aromatic N) is 3. The van der Waals surface area contributed by atoms with Crippen molar-refractivity contribution in [2.24, 2.45) is 0 Å². The Hall–Kier alpha value is -3.78. The van der Waals surface area contributed by atoms with E-state index in [1.54, 1.807) is 30.3 Å². The molecule has 0 amide bonds. The van der Waals surface area contributed by atoms with E-state index in [1.807, 2.05) is 0 Å². The molecule has 1 unspecified atom stereocenters. The van der Waals surface area contributed by atoms with Gasteiger partial charge in [0.2, 0.25) is 0 Å². The highest BCUT2D eigenvalue weighted by molar-refractivity contribution is 6.30. The number of para-hydroxylation sites is 1. The van der Waals surface area contributed by atoms with Gasteiger partial charge in [-0.3, -0.25) is 9.78 Å². The van der Waals surface area contributed by atoms with E-state index in [4.69, 9.17) is 20.5 Å². The Balaban J connectivity index is 1.73. The Morgan fingerprint density at radius 2 is 1.97 bits per heavy atom. The summed E-state index contributed by atoms with van der Waals surface area (Å²) in [7, 11) is -2.66. The zero-order valence-corrected chi connectivity index (χ0v) is 17.4. The molecule has 0 aliphatic carbocycles. The van der Waals surface area contributed by atoms with Crippen LogP contribution in [0.25, 0.3) is 44.6 Å². The number of H-pyrrole nitrogens is 2. The number of ether oxygens (including phenoxy) is 1. The molecule has 9 heteroatoms. The lowest BCUT2D eigenvalue weighted by molar-refractivity contribution is 0.368. The van der Waals surface area contributed by atoms with Crippen molar-refractivity contribution < 1.29 is 13.2 Å². The molecule has 160 valence electrons. The number of alkyl halides is 1. The minimum atomic E-state index is -2.66.